The van der Waals surface area contributed by atoms with Crippen LogP contribution in [0.1, 0.15) is 17.9 Å². The molecular weight excluding hydrogens is 386 g/mol. The van der Waals surface area contributed by atoms with Crippen molar-refractivity contribution in [1.29, 1.82) is 0 Å². The molecule has 8 heteroatoms. The summed E-state index contributed by atoms with van der Waals surface area (Å²) in [5.74, 6) is 0. The number of aromatic nitrogens is 3. The molecule has 154 valence electrons. The molecule has 3 aromatic rings. The summed E-state index contributed by atoms with van der Waals surface area (Å²) in [4.78, 5) is 26.2. The number of benzene rings is 2. The lowest BCUT2D eigenvalue weighted by Crippen LogP contribution is -2.49. The molecular formula is C22H21N3O5. The zero-order valence-electron chi connectivity index (χ0n) is 16.1. The van der Waals surface area contributed by atoms with E-state index in [-0.39, 0.29) is 13.2 Å². The molecule has 2 aromatic carbocycles. The average Bonchev–Trinajstić information content (AvgIpc) is 3.05. The zero-order chi connectivity index (χ0) is 20.7. The van der Waals surface area contributed by atoms with E-state index in [0.29, 0.717) is 5.69 Å². The van der Waals surface area contributed by atoms with Gasteiger partial charge in [-0.1, -0.05) is 60.7 Å². The quantitative estimate of drug-likeness (QED) is 0.663. The summed E-state index contributed by atoms with van der Waals surface area (Å²) in [5.41, 5.74) is 0.415. The standard InChI is InChI=1S/C22H21N3O5/c26-18-14-29-20(15-8-3-1-4-9-15)30-19(18)17-12-7-13-23-21(27)24(22(28)25(17)23)16-10-5-2-6-11-16/h1-12,17-20,26H,13-14H2/t17-,18+,19-,20+/m0/s1. The van der Waals surface area contributed by atoms with E-state index in [1.165, 1.54) is 9.36 Å². The van der Waals surface area contributed by atoms with Gasteiger partial charge in [0.2, 0.25) is 0 Å². The van der Waals surface area contributed by atoms with Crippen molar-refractivity contribution in [1.82, 2.24) is 13.9 Å². The van der Waals surface area contributed by atoms with Gasteiger partial charge in [-0.3, -0.25) is 0 Å². The first-order valence-electron chi connectivity index (χ1n) is 9.81. The summed E-state index contributed by atoms with van der Waals surface area (Å²) in [7, 11) is 0. The molecule has 0 saturated carbocycles. The maximum atomic E-state index is 13.2. The Kier molecular flexibility index (Phi) is 4.74. The molecule has 2 aliphatic rings. The number of aliphatic hydroxyl groups is 1. The van der Waals surface area contributed by atoms with Gasteiger partial charge in [0.25, 0.3) is 0 Å². The van der Waals surface area contributed by atoms with E-state index in [9.17, 15) is 14.7 Å². The van der Waals surface area contributed by atoms with Crippen LogP contribution in [-0.4, -0.2) is 37.9 Å². The number of fused-ring (bicyclic) bond motifs is 1. The molecule has 0 unspecified atom stereocenters. The normalized spacial score (nSPS) is 25.8. The van der Waals surface area contributed by atoms with E-state index in [4.69, 9.17) is 9.47 Å². The summed E-state index contributed by atoms with van der Waals surface area (Å²) in [6.45, 7) is 0.332. The molecule has 1 aromatic heterocycles. The van der Waals surface area contributed by atoms with Gasteiger partial charge < -0.3 is 14.6 Å². The Labute approximate surface area is 171 Å². The summed E-state index contributed by atoms with van der Waals surface area (Å²) in [5, 5.41) is 10.6. The molecule has 3 heterocycles. The van der Waals surface area contributed by atoms with Gasteiger partial charge in [0, 0.05) is 5.56 Å². The number of hydrogen-bond donors (Lipinski definition) is 1. The molecule has 1 saturated heterocycles. The third-order valence-corrected chi connectivity index (χ3v) is 5.45. The summed E-state index contributed by atoms with van der Waals surface area (Å²) in [6.07, 6.45) is 1.24. The average molecular weight is 407 g/mol. The Balaban J connectivity index is 1.55. The molecule has 0 radical (unpaired) electrons. The molecule has 1 N–H and O–H groups in total. The highest BCUT2D eigenvalue weighted by Crippen LogP contribution is 2.32. The van der Waals surface area contributed by atoms with Gasteiger partial charge >= 0.3 is 11.4 Å². The van der Waals surface area contributed by atoms with Crippen LogP contribution in [0.4, 0.5) is 0 Å². The second-order valence-electron chi connectivity index (χ2n) is 7.33. The van der Waals surface area contributed by atoms with E-state index in [0.717, 1.165) is 10.1 Å². The van der Waals surface area contributed by atoms with Gasteiger partial charge in [0.15, 0.2) is 6.29 Å². The van der Waals surface area contributed by atoms with Crippen LogP contribution in [0.3, 0.4) is 0 Å². The van der Waals surface area contributed by atoms with Crippen molar-refractivity contribution < 1.29 is 14.6 Å². The molecule has 4 atom stereocenters. The van der Waals surface area contributed by atoms with Crippen LogP contribution in [0.2, 0.25) is 0 Å². The Morgan fingerprint density at radius 1 is 0.933 bits per heavy atom. The number of aliphatic hydroxyl groups excluding tert-OH is 1. The molecule has 0 bridgehead atoms. The Bertz CT molecular complexity index is 1180. The smallest absolute Gasteiger partial charge is 0.352 e. The van der Waals surface area contributed by atoms with Crippen molar-refractivity contribution in [2.24, 2.45) is 0 Å². The predicted molar refractivity (Wildman–Crippen MR) is 108 cm³/mol. The van der Waals surface area contributed by atoms with Gasteiger partial charge in [-0.2, -0.15) is 0 Å². The fourth-order valence-electron chi connectivity index (χ4n) is 4.02. The van der Waals surface area contributed by atoms with Gasteiger partial charge in [-0.15, -0.1) is 0 Å². The third kappa shape index (κ3) is 3.06. The van der Waals surface area contributed by atoms with Gasteiger partial charge in [0.05, 0.1) is 18.8 Å². The molecule has 5 rings (SSSR count). The summed E-state index contributed by atoms with van der Waals surface area (Å²) in [6, 6.07) is 17.6. The van der Waals surface area contributed by atoms with E-state index >= 15 is 0 Å². The van der Waals surface area contributed by atoms with Crippen molar-refractivity contribution in [2.45, 2.75) is 31.1 Å². The fourth-order valence-corrected chi connectivity index (χ4v) is 4.02. The molecule has 0 spiro atoms. The predicted octanol–water partition coefficient (Wildman–Crippen LogP) is 1.39. The van der Waals surface area contributed by atoms with Crippen molar-refractivity contribution in [3.63, 3.8) is 0 Å². The highest BCUT2D eigenvalue weighted by atomic mass is 16.7. The van der Waals surface area contributed by atoms with E-state index in [1.54, 1.807) is 30.3 Å². The third-order valence-electron chi connectivity index (χ3n) is 5.45. The van der Waals surface area contributed by atoms with Gasteiger partial charge in [-0.05, 0) is 12.1 Å². The minimum atomic E-state index is -0.951. The van der Waals surface area contributed by atoms with Crippen LogP contribution in [-0.2, 0) is 16.0 Å². The SMILES string of the molecule is O=c1n(-c2ccccc2)c(=O)n2n1CC=C[C@H]2[C@@H]1O[C@H](c2ccccc2)OC[C@H]1O. The number of rotatable bonds is 3. The van der Waals surface area contributed by atoms with Crippen LogP contribution >= 0.6 is 0 Å². The highest BCUT2D eigenvalue weighted by molar-refractivity contribution is 5.30. The Morgan fingerprint density at radius 2 is 1.63 bits per heavy atom. The maximum absolute atomic E-state index is 13.2. The summed E-state index contributed by atoms with van der Waals surface area (Å²) >= 11 is 0. The van der Waals surface area contributed by atoms with E-state index in [1.807, 2.05) is 42.5 Å². The van der Waals surface area contributed by atoms with Crippen molar-refractivity contribution in [3.8, 4) is 5.69 Å². The van der Waals surface area contributed by atoms with E-state index in [2.05, 4.69) is 0 Å². The van der Waals surface area contributed by atoms with Crippen LogP contribution in [0.25, 0.3) is 5.69 Å². The van der Waals surface area contributed by atoms with Crippen LogP contribution in [0.5, 0.6) is 0 Å². The lowest BCUT2D eigenvalue weighted by molar-refractivity contribution is -0.264. The maximum Gasteiger partial charge on any atom is 0.352 e. The van der Waals surface area contributed by atoms with Crippen LogP contribution < -0.4 is 11.4 Å². The van der Waals surface area contributed by atoms with Crippen LogP contribution in [0, 0.1) is 0 Å². The lowest BCUT2D eigenvalue weighted by Gasteiger charge is -2.38. The first-order valence-corrected chi connectivity index (χ1v) is 9.81. The number of hydrogen-bond acceptors (Lipinski definition) is 5. The molecule has 2 aliphatic heterocycles. The number of ether oxygens (including phenoxy) is 2. The minimum Gasteiger partial charge on any atom is -0.388 e. The topological polar surface area (TPSA) is 87.6 Å². The highest BCUT2D eigenvalue weighted by Gasteiger charge is 2.40. The second-order valence-corrected chi connectivity index (χ2v) is 7.33. The van der Waals surface area contributed by atoms with Gasteiger partial charge in [-0.25, -0.2) is 23.5 Å². The lowest BCUT2D eigenvalue weighted by atomic mass is 10.0. The van der Waals surface area contributed by atoms with Gasteiger partial charge in [0.1, 0.15) is 18.2 Å². The number of para-hydroxylation sites is 1. The number of allylic oxidation sites excluding steroid dienone is 1. The minimum absolute atomic E-state index is 0.0624. The van der Waals surface area contributed by atoms with Crippen LogP contribution in [0.15, 0.2) is 82.4 Å². The monoisotopic (exact) mass is 407 g/mol. The molecule has 0 amide bonds. The summed E-state index contributed by atoms with van der Waals surface area (Å²) < 4.78 is 15.6. The second kappa shape index (κ2) is 7.56. The fraction of sp³-hybridized carbons (Fsp3) is 0.273. The molecule has 1 fully saturated rings. The molecule has 30 heavy (non-hydrogen) atoms. The number of nitrogens with zero attached hydrogens (tertiary/aromatic N) is 3. The molecule has 8 nitrogen and oxygen atoms in total. The first kappa shape index (κ1) is 18.8. The first-order chi connectivity index (χ1) is 14.6. The van der Waals surface area contributed by atoms with E-state index < -0.39 is 35.9 Å². The Hall–Kier alpha value is -3.20. The van der Waals surface area contributed by atoms with Crippen molar-refractivity contribution in [3.05, 3.63) is 99.3 Å². The van der Waals surface area contributed by atoms with Crippen molar-refractivity contribution in [2.75, 3.05) is 6.61 Å². The molecule has 0 aliphatic carbocycles. The zero-order valence-corrected chi connectivity index (χ0v) is 16.1. The largest absolute Gasteiger partial charge is 0.388 e. The van der Waals surface area contributed by atoms with Crippen molar-refractivity contribution >= 4 is 0 Å². The Morgan fingerprint density at radius 3 is 2.37 bits per heavy atom.